The van der Waals surface area contributed by atoms with E-state index in [-0.39, 0.29) is 0 Å². The zero-order valence-corrected chi connectivity index (χ0v) is 12.2. The molecule has 1 aliphatic heterocycles. The number of rotatable bonds is 6. The molecule has 2 rings (SSSR count). The fraction of sp³-hybridized carbons (Fsp3) is 0.562. The molecule has 4 nitrogen and oxygen atoms in total. The van der Waals surface area contributed by atoms with Gasteiger partial charge in [-0.25, -0.2) is 0 Å². The number of ether oxygens (including phenoxy) is 2. The average molecular weight is 277 g/mol. The van der Waals surface area contributed by atoms with Crippen LogP contribution in [0.25, 0.3) is 0 Å². The minimum absolute atomic E-state index is 0.301. The molecule has 0 aliphatic carbocycles. The van der Waals surface area contributed by atoms with Gasteiger partial charge in [-0.3, -0.25) is 9.69 Å². The number of hydrogen-bond donors (Lipinski definition) is 0. The predicted molar refractivity (Wildman–Crippen MR) is 78.4 cm³/mol. The zero-order chi connectivity index (χ0) is 14.4. The molecule has 1 heterocycles. The summed E-state index contributed by atoms with van der Waals surface area (Å²) in [5, 5.41) is 0. The molecule has 20 heavy (non-hydrogen) atoms. The van der Waals surface area contributed by atoms with E-state index in [4.69, 9.17) is 9.47 Å². The highest BCUT2D eigenvalue weighted by molar-refractivity contribution is 5.79. The summed E-state index contributed by atoms with van der Waals surface area (Å²) in [6.45, 7) is 7.82. The van der Waals surface area contributed by atoms with E-state index >= 15 is 0 Å². The van der Waals surface area contributed by atoms with E-state index in [0.29, 0.717) is 30.1 Å². The van der Waals surface area contributed by atoms with Gasteiger partial charge < -0.3 is 9.47 Å². The van der Waals surface area contributed by atoms with Crippen molar-refractivity contribution in [3.63, 3.8) is 0 Å². The first-order chi connectivity index (χ1) is 9.69. The standard InChI is InChI=1S/C16H23NO3/c1-13-10-17(11-14(2)20-13)8-5-9-19-16-7-4-3-6-15(16)12-18/h3-4,6-7,12-14H,5,8-11H2,1-2H3/t13-,14-/m1/s1. The third-order valence-corrected chi connectivity index (χ3v) is 3.42. The van der Waals surface area contributed by atoms with Crippen LogP contribution in [0.4, 0.5) is 0 Å². The van der Waals surface area contributed by atoms with E-state index in [1.807, 2.05) is 18.2 Å². The maximum atomic E-state index is 10.9. The smallest absolute Gasteiger partial charge is 0.153 e. The molecule has 0 radical (unpaired) electrons. The normalized spacial score (nSPS) is 23.5. The van der Waals surface area contributed by atoms with E-state index in [1.54, 1.807) is 6.07 Å². The number of morpholine rings is 1. The van der Waals surface area contributed by atoms with Gasteiger partial charge in [0.25, 0.3) is 0 Å². The van der Waals surface area contributed by atoms with E-state index in [0.717, 1.165) is 32.3 Å². The van der Waals surface area contributed by atoms with Crippen LogP contribution in [0, 0.1) is 0 Å². The van der Waals surface area contributed by atoms with E-state index in [1.165, 1.54) is 0 Å². The Labute approximate surface area is 120 Å². The van der Waals surface area contributed by atoms with Gasteiger partial charge in [-0.15, -0.1) is 0 Å². The molecule has 0 amide bonds. The SMILES string of the molecule is C[C@@H]1CN(CCCOc2ccccc2C=O)C[C@@H](C)O1. The lowest BCUT2D eigenvalue weighted by Gasteiger charge is -2.35. The van der Waals surface area contributed by atoms with Gasteiger partial charge in [0.1, 0.15) is 5.75 Å². The molecule has 0 spiro atoms. The summed E-state index contributed by atoms with van der Waals surface area (Å²) in [5.74, 6) is 0.672. The van der Waals surface area contributed by atoms with Crippen LogP contribution in [0.2, 0.25) is 0 Å². The van der Waals surface area contributed by atoms with Crippen molar-refractivity contribution < 1.29 is 14.3 Å². The molecule has 2 atom stereocenters. The zero-order valence-electron chi connectivity index (χ0n) is 12.2. The number of nitrogens with zero attached hydrogens (tertiary/aromatic N) is 1. The lowest BCUT2D eigenvalue weighted by atomic mass is 10.2. The Morgan fingerprint density at radius 1 is 1.30 bits per heavy atom. The molecule has 110 valence electrons. The van der Waals surface area contributed by atoms with Crippen LogP contribution in [0.15, 0.2) is 24.3 Å². The summed E-state index contributed by atoms with van der Waals surface area (Å²) in [4.78, 5) is 13.3. The van der Waals surface area contributed by atoms with Crippen molar-refractivity contribution >= 4 is 6.29 Å². The fourth-order valence-electron chi connectivity index (χ4n) is 2.65. The van der Waals surface area contributed by atoms with Crippen molar-refractivity contribution in [3.05, 3.63) is 29.8 Å². The van der Waals surface area contributed by atoms with Crippen molar-refractivity contribution in [3.8, 4) is 5.75 Å². The lowest BCUT2D eigenvalue weighted by Crippen LogP contribution is -2.45. The molecular weight excluding hydrogens is 254 g/mol. The highest BCUT2D eigenvalue weighted by Crippen LogP contribution is 2.16. The average Bonchev–Trinajstić information content (AvgIpc) is 2.43. The molecule has 4 heteroatoms. The van der Waals surface area contributed by atoms with Crippen molar-refractivity contribution in [2.24, 2.45) is 0 Å². The van der Waals surface area contributed by atoms with Gasteiger partial charge in [0, 0.05) is 19.6 Å². The summed E-state index contributed by atoms with van der Waals surface area (Å²) >= 11 is 0. The Hall–Kier alpha value is -1.39. The Balaban J connectivity index is 1.72. The fourth-order valence-corrected chi connectivity index (χ4v) is 2.65. The lowest BCUT2D eigenvalue weighted by molar-refractivity contribution is -0.0686. The van der Waals surface area contributed by atoms with Crippen molar-refractivity contribution in [1.29, 1.82) is 0 Å². The van der Waals surface area contributed by atoms with E-state index in [9.17, 15) is 4.79 Å². The Morgan fingerprint density at radius 3 is 2.70 bits per heavy atom. The summed E-state index contributed by atoms with van der Waals surface area (Å²) in [6.07, 6.45) is 2.39. The van der Waals surface area contributed by atoms with Crippen molar-refractivity contribution in [2.45, 2.75) is 32.5 Å². The summed E-state index contributed by atoms with van der Waals surface area (Å²) in [6, 6.07) is 7.33. The predicted octanol–water partition coefficient (Wildman–Crippen LogP) is 2.38. The first-order valence-corrected chi connectivity index (χ1v) is 7.24. The largest absolute Gasteiger partial charge is 0.493 e. The number of carbonyl (C=O) groups excluding carboxylic acids is 1. The summed E-state index contributed by atoms with van der Waals surface area (Å²) in [5.41, 5.74) is 0.612. The second kappa shape index (κ2) is 7.41. The van der Waals surface area contributed by atoms with Gasteiger partial charge in [0.15, 0.2) is 6.29 Å². The quantitative estimate of drug-likeness (QED) is 0.591. The third kappa shape index (κ3) is 4.32. The van der Waals surface area contributed by atoms with Crippen LogP contribution >= 0.6 is 0 Å². The topological polar surface area (TPSA) is 38.8 Å². The number of carbonyl (C=O) groups is 1. The van der Waals surface area contributed by atoms with Gasteiger partial charge in [0.05, 0.1) is 24.4 Å². The molecule has 0 aromatic heterocycles. The van der Waals surface area contributed by atoms with Crippen LogP contribution in [-0.4, -0.2) is 49.6 Å². The minimum Gasteiger partial charge on any atom is -0.493 e. The van der Waals surface area contributed by atoms with E-state index in [2.05, 4.69) is 18.7 Å². The second-order valence-electron chi connectivity index (χ2n) is 5.37. The highest BCUT2D eigenvalue weighted by Gasteiger charge is 2.21. The van der Waals surface area contributed by atoms with Crippen LogP contribution in [0.1, 0.15) is 30.6 Å². The first kappa shape index (κ1) is 15.0. The highest BCUT2D eigenvalue weighted by atomic mass is 16.5. The van der Waals surface area contributed by atoms with Gasteiger partial charge in [-0.1, -0.05) is 12.1 Å². The second-order valence-corrected chi connectivity index (χ2v) is 5.37. The Bertz CT molecular complexity index is 425. The van der Waals surface area contributed by atoms with Crippen LogP contribution in [0.5, 0.6) is 5.75 Å². The van der Waals surface area contributed by atoms with Gasteiger partial charge in [-0.2, -0.15) is 0 Å². The molecule has 1 aromatic rings. The number of aldehydes is 1. The van der Waals surface area contributed by atoms with Gasteiger partial charge >= 0.3 is 0 Å². The monoisotopic (exact) mass is 277 g/mol. The molecule has 1 fully saturated rings. The molecule has 0 saturated carbocycles. The molecule has 1 aliphatic rings. The van der Waals surface area contributed by atoms with Crippen LogP contribution in [-0.2, 0) is 4.74 Å². The van der Waals surface area contributed by atoms with Gasteiger partial charge in [0.2, 0.25) is 0 Å². The third-order valence-electron chi connectivity index (χ3n) is 3.42. The van der Waals surface area contributed by atoms with Crippen LogP contribution < -0.4 is 4.74 Å². The summed E-state index contributed by atoms with van der Waals surface area (Å²) < 4.78 is 11.4. The first-order valence-electron chi connectivity index (χ1n) is 7.24. The van der Waals surface area contributed by atoms with Gasteiger partial charge in [-0.05, 0) is 32.4 Å². The Kier molecular flexibility index (Phi) is 5.56. The maximum Gasteiger partial charge on any atom is 0.153 e. The van der Waals surface area contributed by atoms with Crippen LogP contribution in [0.3, 0.4) is 0 Å². The number of benzene rings is 1. The Morgan fingerprint density at radius 2 is 2.00 bits per heavy atom. The van der Waals surface area contributed by atoms with E-state index < -0.39 is 0 Å². The molecule has 0 N–H and O–H groups in total. The number of hydrogen-bond acceptors (Lipinski definition) is 4. The molecule has 1 saturated heterocycles. The molecule has 0 unspecified atom stereocenters. The van der Waals surface area contributed by atoms with Crippen molar-refractivity contribution in [2.75, 3.05) is 26.2 Å². The maximum absolute atomic E-state index is 10.9. The minimum atomic E-state index is 0.301. The number of para-hydroxylation sites is 1. The molecule has 0 bridgehead atoms. The molecule has 1 aromatic carbocycles. The summed E-state index contributed by atoms with van der Waals surface area (Å²) in [7, 11) is 0. The van der Waals surface area contributed by atoms with Crippen molar-refractivity contribution in [1.82, 2.24) is 4.90 Å². The molecular formula is C16H23NO3.